The third-order valence-electron chi connectivity index (χ3n) is 6.88. The van der Waals surface area contributed by atoms with E-state index in [9.17, 15) is 0 Å². The van der Waals surface area contributed by atoms with E-state index in [1.54, 1.807) is 0 Å². The van der Waals surface area contributed by atoms with Gasteiger partial charge in [0, 0.05) is 12.4 Å². The molecule has 0 radical (unpaired) electrons. The minimum absolute atomic E-state index is 1.10. The maximum atomic E-state index is 4.91. The van der Waals surface area contributed by atoms with Crippen molar-refractivity contribution in [2.45, 2.75) is 25.9 Å². The maximum Gasteiger partial charge on any atom is 0.124 e. The van der Waals surface area contributed by atoms with E-state index in [1.807, 2.05) is 24.5 Å². The second-order valence-corrected chi connectivity index (χ2v) is 13.0. The van der Waals surface area contributed by atoms with Crippen molar-refractivity contribution in [2.24, 2.45) is 0 Å². The quantitative estimate of drug-likeness (QED) is 0.286. The molecule has 0 saturated heterocycles. The van der Waals surface area contributed by atoms with Crippen molar-refractivity contribution >= 4 is 29.6 Å². The van der Waals surface area contributed by atoms with Gasteiger partial charge in [0.2, 0.25) is 0 Å². The van der Waals surface area contributed by atoms with Gasteiger partial charge in [0.1, 0.15) is 8.07 Å². The monoisotopic (exact) mass is 444 g/mol. The normalized spacial score (nSPS) is 15.2. The summed E-state index contributed by atoms with van der Waals surface area (Å²) in [5.41, 5.74) is 7.37. The Hall–Kier alpha value is -3.56. The highest BCUT2D eigenvalue weighted by Gasteiger charge is 2.49. The van der Waals surface area contributed by atoms with Gasteiger partial charge in [-0.15, -0.1) is 0 Å². The summed E-state index contributed by atoms with van der Waals surface area (Å²) in [6.45, 7) is 4.72. The molecule has 0 bridgehead atoms. The number of hydrogen-bond donors (Lipinski definition) is 0. The molecule has 1 aliphatic heterocycles. The lowest BCUT2D eigenvalue weighted by molar-refractivity contribution is 1.24. The Morgan fingerprint density at radius 2 is 0.909 bits per heavy atom. The van der Waals surface area contributed by atoms with Crippen LogP contribution in [0.2, 0.25) is 12.1 Å². The van der Waals surface area contributed by atoms with E-state index < -0.39 is 8.07 Å². The van der Waals surface area contributed by atoms with E-state index in [-0.39, 0.29) is 0 Å². The molecule has 2 aromatic carbocycles. The lowest BCUT2D eigenvalue weighted by Gasteiger charge is -2.31. The first-order valence-electron chi connectivity index (χ1n) is 11.7. The molecule has 2 nitrogen and oxygen atoms in total. The van der Waals surface area contributed by atoms with Crippen molar-refractivity contribution in [1.82, 2.24) is 9.97 Å². The molecule has 162 valence electrons. The summed E-state index contributed by atoms with van der Waals surface area (Å²) in [4.78, 5) is 9.83. The van der Waals surface area contributed by atoms with Crippen LogP contribution in [0.4, 0.5) is 0 Å². The fourth-order valence-corrected chi connectivity index (χ4v) is 10.3. The second-order valence-electron chi connectivity index (χ2n) is 8.45. The summed E-state index contributed by atoms with van der Waals surface area (Å²) < 4.78 is 0. The van der Waals surface area contributed by atoms with Crippen molar-refractivity contribution in [3.05, 3.63) is 132 Å². The first-order valence-corrected chi connectivity index (χ1v) is 14.1. The van der Waals surface area contributed by atoms with E-state index in [2.05, 4.69) is 98.8 Å². The lowest BCUT2D eigenvalue weighted by atomic mass is 9.90. The van der Waals surface area contributed by atoms with Crippen LogP contribution < -0.4 is 0 Å². The van der Waals surface area contributed by atoms with Crippen molar-refractivity contribution in [1.29, 1.82) is 0 Å². The van der Waals surface area contributed by atoms with Gasteiger partial charge in [0.25, 0.3) is 0 Å². The molecule has 0 saturated carbocycles. The Kier molecular flexibility index (Phi) is 5.89. The minimum atomic E-state index is -2.18. The second kappa shape index (κ2) is 9.12. The van der Waals surface area contributed by atoms with Crippen LogP contribution >= 0.6 is 0 Å². The Bertz CT molecular complexity index is 1190. The van der Waals surface area contributed by atoms with Gasteiger partial charge in [0.15, 0.2) is 0 Å². The fourth-order valence-electron chi connectivity index (χ4n) is 5.37. The minimum Gasteiger partial charge on any atom is -0.257 e. The summed E-state index contributed by atoms with van der Waals surface area (Å²) in [6, 6.07) is 36.6. The average Bonchev–Trinajstić information content (AvgIpc) is 3.22. The molecule has 0 atom stereocenters. The highest BCUT2D eigenvalue weighted by atomic mass is 28.3. The van der Waals surface area contributed by atoms with Gasteiger partial charge in [0.05, 0.1) is 11.4 Å². The van der Waals surface area contributed by atoms with Crippen LogP contribution in [0.3, 0.4) is 0 Å². The van der Waals surface area contributed by atoms with Crippen LogP contribution in [0.5, 0.6) is 0 Å². The fraction of sp³-hybridized carbons (Fsp3) is 0.133. The predicted octanol–water partition coefficient (Wildman–Crippen LogP) is 7.58. The molecule has 4 aromatic rings. The number of benzene rings is 2. The topological polar surface area (TPSA) is 25.8 Å². The number of rotatable bonds is 6. The zero-order valence-corrected chi connectivity index (χ0v) is 20.2. The van der Waals surface area contributed by atoms with Crippen molar-refractivity contribution in [2.75, 3.05) is 0 Å². The van der Waals surface area contributed by atoms with Gasteiger partial charge in [-0.1, -0.05) is 98.7 Å². The summed E-state index contributed by atoms with van der Waals surface area (Å²) in [5, 5.41) is 2.89. The maximum absolute atomic E-state index is 4.91. The predicted molar refractivity (Wildman–Crippen MR) is 142 cm³/mol. The van der Waals surface area contributed by atoms with E-state index in [1.165, 1.54) is 32.7 Å². The molecule has 3 heteroatoms. The molecule has 0 spiro atoms. The summed E-state index contributed by atoms with van der Waals surface area (Å²) in [5.74, 6) is 0. The van der Waals surface area contributed by atoms with E-state index in [0.717, 1.165) is 23.5 Å². The van der Waals surface area contributed by atoms with Crippen LogP contribution in [0.25, 0.3) is 21.5 Å². The van der Waals surface area contributed by atoms with Gasteiger partial charge in [-0.05, 0) is 56.9 Å². The van der Waals surface area contributed by atoms with Gasteiger partial charge < -0.3 is 0 Å². The van der Waals surface area contributed by atoms with Crippen LogP contribution in [0, 0.1) is 0 Å². The smallest absolute Gasteiger partial charge is 0.124 e. The summed E-state index contributed by atoms with van der Waals surface area (Å²) >= 11 is 0. The van der Waals surface area contributed by atoms with E-state index in [4.69, 9.17) is 9.97 Å². The van der Waals surface area contributed by atoms with Crippen molar-refractivity contribution < 1.29 is 0 Å². The molecule has 0 N–H and O–H groups in total. The third-order valence-corrected chi connectivity index (χ3v) is 12.2. The molecule has 0 unspecified atom stereocenters. The Morgan fingerprint density at radius 1 is 0.515 bits per heavy atom. The highest BCUT2D eigenvalue weighted by Crippen LogP contribution is 2.57. The van der Waals surface area contributed by atoms with Crippen LogP contribution in [0.15, 0.2) is 109 Å². The van der Waals surface area contributed by atoms with Crippen LogP contribution in [0.1, 0.15) is 36.4 Å². The Morgan fingerprint density at radius 3 is 1.24 bits per heavy atom. The van der Waals surface area contributed by atoms with Crippen molar-refractivity contribution in [3.8, 4) is 0 Å². The van der Waals surface area contributed by atoms with E-state index in [0.29, 0.717) is 0 Å². The number of aromatic nitrogens is 2. The highest BCUT2D eigenvalue weighted by molar-refractivity contribution is 7.14. The molecule has 5 rings (SSSR count). The van der Waals surface area contributed by atoms with Gasteiger partial charge in [-0.25, -0.2) is 0 Å². The number of allylic oxidation sites excluding steroid dienone is 2. The van der Waals surface area contributed by atoms with Gasteiger partial charge in [-0.3, -0.25) is 9.97 Å². The molecule has 0 amide bonds. The number of pyridine rings is 2. The van der Waals surface area contributed by atoms with Crippen molar-refractivity contribution in [3.63, 3.8) is 0 Å². The molecule has 0 fully saturated rings. The summed E-state index contributed by atoms with van der Waals surface area (Å²) in [7, 11) is -2.18. The molecule has 0 aliphatic carbocycles. The zero-order chi connectivity index (χ0) is 22.7. The molecule has 3 heterocycles. The average molecular weight is 445 g/mol. The number of hydrogen-bond acceptors (Lipinski definition) is 2. The van der Waals surface area contributed by atoms with Crippen LogP contribution in [-0.4, -0.2) is 18.0 Å². The molecular weight excluding hydrogens is 416 g/mol. The van der Waals surface area contributed by atoms with Gasteiger partial charge in [-0.2, -0.15) is 0 Å². The Labute approximate surface area is 197 Å². The SMILES string of the molecule is CC[Si]1(CC)C(c2ccccn2)=C(c2ccccc2)C(c2ccccc2)=C1c1ccccn1. The largest absolute Gasteiger partial charge is 0.257 e. The zero-order valence-electron chi connectivity index (χ0n) is 19.2. The lowest BCUT2D eigenvalue weighted by Crippen LogP contribution is -2.35. The first-order chi connectivity index (χ1) is 16.3. The molecule has 1 aliphatic rings. The van der Waals surface area contributed by atoms with E-state index >= 15 is 0 Å². The van der Waals surface area contributed by atoms with Gasteiger partial charge >= 0.3 is 0 Å². The third kappa shape index (κ3) is 3.59. The van der Waals surface area contributed by atoms with Crippen LogP contribution in [-0.2, 0) is 0 Å². The first kappa shape index (κ1) is 21.3. The molecule has 2 aromatic heterocycles. The molecular formula is C30H28N2Si. The summed E-state index contributed by atoms with van der Waals surface area (Å²) in [6.07, 6.45) is 3.85. The molecule has 33 heavy (non-hydrogen) atoms. The standard InChI is InChI=1S/C30H28N2Si/c1-3-33(4-2)29(25-19-11-13-21-31-25)27(23-15-7-5-8-16-23)28(24-17-9-6-10-18-24)30(33)26-20-12-14-22-32-26/h5-22H,3-4H2,1-2H3. The number of nitrogens with zero attached hydrogens (tertiary/aromatic N) is 2. The Balaban J connectivity index is 1.97.